The highest BCUT2D eigenvalue weighted by molar-refractivity contribution is 7.92. The van der Waals surface area contributed by atoms with E-state index in [4.69, 9.17) is 5.73 Å². The Bertz CT molecular complexity index is 602. The van der Waals surface area contributed by atoms with Crippen molar-refractivity contribution in [1.82, 2.24) is 5.32 Å². The quantitative estimate of drug-likeness (QED) is 0.807. The summed E-state index contributed by atoms with van der Waals surface area (Å²) in [4.78, 5) is 11.0. The van der Waals surface area contributed by atoms with E-state index in [0.29, 0.717) is 5.92 Å². The van der Waals surface area contributed by atoms with E-state index in [0.717, 1.165) is 30.2 Å². The molecule has 0 aromatic carbocycles. The van der Waals surface area contributed by atoms with Crippen molar-refractivity contribution in [3.63, 3.8) is 0 Å². The molecule has 0 aliphatic heterocycles. The summed E-state index contributed by atoms with van der Waals surface area (Å²) in [5.74, 6) is -3.85. The summed E-state index contributed by atoms with van der Waals surface area (Å²) < 4.78 is 47.9. The molecule has 1 aliphatic rings. The van der Waals surface area contributed by atoms with Gasteiger partial charge in [0.05, 0.1) is 4.90 Å². The maximum Gasteiger partial charge on any atom is 0.341 e. The summed E-state index contributed by atoms with van der Waals surface area (Å²) in [5.41, 5.74) is 5.80. The van der Waals surface area contributed by atoms with Crippen LogP contribution in [0.1, 0.15) is 22.5 Å². The van der Waals surface area contributed by atoms with Crippen molar-refractivity contribution < 1.29 is 22.0 Å². The second-order valence-corrected chi connectivity index (χ2v) is 7.43. The average Bonchev–Trinajstić information content (AvgIpc) is 3.11. The van der Waals surface area contributed by atoms with Crippen LogP contribution in [0.3, 0.4) is 0 Å². The van der Waals surface area contributed by atoms with Gasteiger partial charge in [-0.3, -0.25) is 4.79 Å². The molecule has 1 atom stereocenters. The van der Waals surface area contributed by atoms with Crippen LogP contribution in [-0.4, -0.2) is 32.7 Å². The molecular formula is C11H15ClF2N2O3S2. The average molecular weight is 361 g/mol. The number of hydrogen-bond acceptors (Lipinski definition) is 5. The number of nitrogens with two attached hydrogens (primary N) is 1. The van der Waals surface area contributed by atoms with E-state index in [2.05, 4.69) is 5.32 Å². The van der Waals surface area contributed by atoms with Gasteiger partial charge in [0.1, 0.15) is 4.88 Å². The van der Waals surface area contributed by atoms with Crippen LogP contribution >= 0.6 is 23.7 Å². The molecule has 21 heavy (non-hydrogen) atoms. The number of carbonyl (C=O) groups is 1. The Kier molecular flexibility index (Phi) is 6.09. The Balaban J connectivity index is 0.00000220. The van der Waals surface area contributed by atoms with Gasteiger partial charge in [-0.05, 0) is 30.2 Å². The lowest BCUT2D eigenvalue weighted by Gasteiger charge is -2.11. The minimum atomic E-state index is -4.77. The molecule has 1 aliphatic carbocycles. The topological polar surface area (TPSA) is 89.3 Å². The van der Waals surface area contributed by atoms with Gasteiger partial charge in [0.2, 0.25) is 9.84 Å². The molecule has 1 heterocycles. The summed E-state index contributed by atoms with van der Waals surface area (Å²) >= 11 is 0.812. The molecule has 3 N–H and O–H groups in total. The molecule has 120 valence electrons. The molecule has 1 amide bonds. The first-order chi connectivity index (χ1) is 9.34. The van der Waals surface area contributed by atoms with Gasteiger partial charge in [-0.15, -0.1) is 23.7 Å². The van der Waals surface area contributed by atoms with Crippen LogP contribution in [-0.2, 0) is 9.84 Å². The Morgan fingerprint density at radius 1 is 1.48 bits per heavy atom. The van der Waals surface area contributed by atoms with Crippen LogP contribution in [0.5, 0.6) is 0 Å². The lowest BCUT2D eigenvalue weighted by molar-refractivity contribution is 0.0951. The van der Waals surface area contributed by atoms with E-state index in [-0.39, 0.29) is 29.9 Å². The fourth-order valence-electron chi connectivity index (χ4n) is 1.76. The number of hydrogen-bond donors (Lipinski definition) is 2. The zero-order chi connectivity index (χ0) is 14.9. The third kappa shape index (κ3) is 4.12. The predicted molar refractivity (Wildman–Crippen MR) is 77.8 cm³/mol. The van der Waals surface area contributed by atoms with E-state index in [1.165, 1.54) is 5.38 Å². The highest BCUT2D eigenvalue weighted by Gasteiger charge is 2.33. The summed E-state index contributed by atoms with van der Waals surface area (Å²) in [5, 5.41) is 3.79. The standard InChI is InChI=1S/C11H14F2N2O3S2.ClH/c12-11(13)20(17,18)8-3-4-19-9(8)10(16)15-5-7(14)6-1-2-6;/h3-4,6-7,11H,1-2,5,14H2,(H,15,16);1H. The molecule has 1 aromatic rings. The van der Waals surface area contributed by atoms with Crippen molar-refractivity contribution >= 4 is 39.5 Å². The molecule has 5 nitrogen and oxygen atoms in total. The van der Waals surface area contributed by atoms with Gasteiger partial charge in [-0.2, -0.15) is 8.78 Å². The van der Waals surface area contributed by atoms with Gasteiger partial charge in [-0.1, -0.05) is 0 Å². The number of carbonyl (C=O) groups excluding carboxylic acids is 1. The zero-order valence-electron chi connectivity index (χ0n) is 10.8. The second-order valence-electron chi connectivity index (χ2n) is 4.63. The Morgan fingerprint density at radius 2 is 2.10 bits per heavy atom. The lowest BCUT2D eigenvalue weighted by Crippen LogP contribution is -2.38. The lowest BCUT2D eigenvalue weighted by atomic mass is 10.2. The van der Waals surface area contributed by atoms with Crippen molar-refractivity contribution in [1.29, 1.82) is 0 Å². The molecule has 0 bridgehead atoms. The molecule has 1 fully saturated rings. The molecule has 0 saturated heterocycles. The van der Waals surface area contributed by atoms with E-state index >= 15 is 0 Å². The van der Waals surface area contributed by atoms with Crippen LogP contribution < -0.4 is 11.1 Å². The van der Waals surface area contributed by atoms with Gasteiger partial charge in [0.15, 0.2) is 0 Å². The molecule has 1 saturated carbocycles. The second kappa shape index (κ2) is 6.99. The van der Waals surface area contributed by atoms with Crippen molar-refractivity contribution in [2.75, 3.05) is 6.54 Å². The fourth-order valence-corrected chi connectivity index (χ4v) is 3.85. The number of amides is 1. The number of sulfone groups is 1. The first-order valence-electron chi connectivity index (χ1n) is 5.97. The molecule has 0 radical (unpaired) electrons. The SMILES string of the molecule is Cl.NC(CNC(=O)c1sccc1S(=O)(=O)C(F)F)C1CC1. The van der Waals surface area contributed by atoms with Crippen molar-refractivity contribution in [2.24, 2.45) is 11.7 Å². The number of thiophene rings is 1. The summed E-state index contributed by atoms with van der Waals surface area (Å²) in [6, 6.07) is 0.830. The van der Waals surface area contributed by atoms with Gasteiger partial charge in [-0.25, -0.2) is 8.42 Å². The van der Waals surface area contributed by atoms with E-state index in [9.17, 15) is 22.0 Å². The van der Waals surface area contributed by atoms with Crippen LogP contribution in [0.25, 0.3) is 0 Å². The van der Waals surface area contributed by atoms with Gasteiger partial charge in [0, 0.05) is 12.6 Å². The van der Waals surface area contributed by atoms with Crippen LogP contribution in [0.2, 0.25) is 0 Å². The van der Waals surface area contributed by atoms with Gasteiger partial charge >= 0.3 is 5.76 Å². The van der Waals surface area contributed by atoms with E-state index < -0.39 is 26.4 Å². The fraction of sp³-hybridized carbons (Fsp3) is 0.545. The smallest absolute Gasteiger partial charge is 0.341 e. The van der Waals surface area contributed by atoms with E-state index in [1.54, 1.807) is 0 Å². The molecule has 1 unspecified atom stereocenters. The third-order valence-electron chi connectivity index (χ3n) is 3.10. The highest BCUT2D eigenvalue weighted by atomic mass is 35.5. The minimum absolute atomic E-state index is 0. The first-order valence-corrected chi connectivity index (χ1v) is 8.40. The molecule has 2 rings (SSSR count). The largest absolute Gasteiger partial charge is 0.350 e. The monoisotopic (exact) mass is 360 g/mol. The molecular weight excluding hydrogens is 346 g/mol. The summed E-state index contributed by atoms with van der Waals surface area (Å²) in [7, 11) is -4.77. The van der Waals surface area contributed by atoms with Crippen molar-refractivity contribution in [3.8, 4) is 0 Å². The Morgan fingerprint density at radius 3 is 2.62 bits per heavy atom. The minimum Gasteiger partial charge on any atom is -0.350 e. The number of nitrogens with one attached hydrogen (secondary N) is 1. The maximum atomic E-state index is 12.5. The van der Waals surface area contributed by atoms with Crippen molar-refractivity contribution in [2.45, 2.75) is 29.5 Å². The Labute approximate surface area is 131 Å². The maximum absolute atomic E-state index is 12.5. The van der Waals surface area contributed by atoms with Crippen LogP contribution in [0, 0.1) is 5.92 Å². The first kappa shape index (κ1) is 18.3. The number of rotatable bonds is 6. The van der Waals surface area contributed by atoms with Gasteiger partial charge < -0.3 is 11.1 Å². The summed E-state index contributed by atoms with van der Waals surface area (Å²) in [6.07, 6.45) is 2.03. The van der Waals surface area contributed by atoms with Crippen molar-refractivity contribution in [3.05, 3.63) is 16.3 Å². The molecule has 10 heteroatoms. The highest BCUT2D eigenvalue weighted by Crippen LogP contribution is 2.31. The van der Waals surface area contributed by atoms with Crippen LogP contribution in [0.4, 0.5) is 8.78 Å². The van der Waals surface area contributed by atoms with Crippen LogP contribution in [0.15, 0.2) is 16.3 Å². The molecule has 1 aromatic heterocycles. The normalized spacial score (nSPS) is 16.4. The summed E-state index contributed by atoms with van der Waals surface area (Å²) in [6.45, 7) is 0.204. The van der Waals surface area contributed by atoms with Gasteiger partial charge in [0.25, 0.3) is 5.91 Å². The predicted octanol–water partition coefficient (Wildman–Crippen LogP) is 1.63. The zero-order valence-corrected chi connectivity index (χ0v) is 13.2. The van der Waals surface area contributed by atoms with E-state index in [1.807, 2.05) is 0 Å². The number of halogens is 3. The third-order valence-corrected chi connectivity index (χ3v) is 5.57. The Hall–Kier alpha value is -0.770. The number of alkyl halides is 2. The molecule has 0 spiro atoms.